The highest BCUT2D eigenvalue weighted by Crippen LogP contribution is 2.39. The standard InChI is InChI=1S/C21H16ClN3O/c1-13-7-5-11-17(23-13)21-24-16-10-4-3-8-14(16)20(25-21)19-15(22)9-6-12-18(19)26-2/h3-12H,1-2H3. The molecule has 2 heterocycles. The van der Waals surface area contributed by atoms with Crippen molar-refractivity contribution >= 4 is 22.5 Å². The molecule has 0 aliphatic rings. The van der Waals surface area contributed by atoms with Crippen molar-refractivity contribution in [2.45, 2.75) is 6.92 Å². The van der Waals surface area contributed by atoms with Gasteiger partial charge in [-0.3, -0.25) is 0 Å². The molecule has 4 nitrogen and oxygen atoms in total. The summed E-state index contributed by atoms with van der Waals surface area (Å²) < 4.78 is 5.53. The molecule has 2 aromatic carbocycles. The van der Waals surface area contributed by atoms with Gasteiger partial charge in [-0.25, -0.2) is 15.0 Å². The monoisotopic (exact) mass is 361 g/mol. The van der Waals surface area contributed by atoms with Gasteiger partial charge in [0.2, 0.25) is 0 Å². The molecule has 4 rings (SSSR count). The van der Waals surface area contributed by atoms with Gasteiger partial charge in [0.25, 0.3) is 0 Å². The van der Waals surface area contributed by atoms with Crippen molar-refractivity contribution in [1.29, 1.82) is 0 Å². The van der Waals surface area contributed by atoms with Crippen molar-refractivity contribution in [3.8, 4) is 28.5 Å². The molecule has 0 unspecified atom stereocenters. The first-order valence-electron chi connectivity index (χ1n) is 8.21. The highest BCUT2D eigenvalue weighted by molar-refractivity contribution is 6.34. The lowest BCUT2D eigenvalue weighted by Crippen LogP contribution is -1.99. The number of para-hydroxylation sites is 1. The van der Waals surface area contributed by atoms with Gasteiger partial charge >= 0.3 is 0 Å². The molecule has 0 saturated carbocycles. The number of hydrogen-bond acceptors (Lipinski definition) is 4. The lowest BCUT2D eigenvalue weighted by atomic mass is 10.0. The lowest BCUT2D eigenvalue weighted by Gasteiger charge is -2.13. The summed E-state index contributed by atoms with van der Waals surface area (Å²) in [6, 6.07) is 19.2. The number of aromatic nitrogens is 3. The van der Waals surface area contributed by atoms with Crippen molar-refractivity contribution in [1.82, 2.24) is 15.0 Å². The van der Waals surface area contributed by atoms with Crippen LogP contribution in [0.3, 0.4) is 0 Å². The molecule has 0 spiro atoms. The molecule has 0 aliphatic carbocycles. The van der Waals surface area contributed by atoms with E-state index in [1.165, 1.54) is 0 Å². The van der Waals surface area contributed by atoms with Gasteiger partial charge in [0.1, 0.15) is 11.4 Å². The summed E-state index contributed by atoms with van der Waals surface area (Å²) in [6.45, 7) is 1.95. The molecule has 0 bridgehead atoms. The minimum absolute atomic E-state index is 0.560. The molecule has 2 aromatic heterocycles. The predicted molar refractivity (Wildman–Crippen MR) is 105 cm³/mol. The Morgan fingerprint density at radius 1 is 0.846 bits per heavy atom. The Morgan fingerprint density at radius 3 is 2.46 bits per heavy atom. The Morgan fingerprint density at radius 2 is 1.65 bits per heavy atom. The maximum atomic E-state index is 6.51. The number of fused-ring (bicyclic) bond motifs is 1. The van der Waals surface area contributed by atoms with Gasteiger partial charge in [0, 0.05) is 11.1 Å². The average Bonchev–Trinajstić information content (AvgIpc) is 2.67. The van der Waals surface area contributed by atoms with Crippen molar-refractivity contribution in [3.05, 3.63) is 71.4 Å². The van der Waals surface area contributed by atoms with Crippen LogP contribution < -0.4 is 4.74 Å². The van der Waals surface area contributed by atoms with E-state index < -0.39 is 0 Å². The van der Waals surface area contributed by atoms with Crippen LogP contribution in [0.25, 0.3) is 33.7 Å². The highest BCUT2D eigenvalue weighted by atomic mass is 35.5. The van der Waals surface area contributed by atoms with Crippen LogP contribution in [0.5, 0.6) is 5.75 Å². The molecule has 0 radical (unpaired) electrons. The molecule has 0 atom stereocenters. The second-order valence-electron chi connectivity index (χ2n) is 5.89. The van der Waals surface area contributed by atoms with Gasteiger partial charge in [-0.05, 0) is 37.3 Å². The van der Waals surface area contributed by atoms with Crippen LogP contribution in [-0.4, -0.2) is 22.1 Å². The fourth-order valence-electron chi connectivity index (χ4n) is 2.95. The third-order valence-corrected chi connectivity index (χ3v) is 4.47. The van der Waals surface area contributed by atoms with E-state index in [0.717, 1.165) is 33.5 Å². The van der Waals surface area contributed by atoms with Gasteiger partial charge in [0.05, 0.1) is 28.9 Å². The largest absolute Gasteiger partial charge is 0.496 e. The zero-order chi connectivity index (χ0) is 18.1. The maximum absolute atomic E-state index is 6.51. The molecule has 0 amide bonds. The second kappa shape index (κ2) is 6.73. The fourth-order valence-corrected chi connectivity index (χ4v) is 3.21. The summed E-state index contributed by atoms with van der Waals surface area (Å²) in [5.41, 5.74) is 3.96. The van der Waals surface area contributed by atoms with Crippen LogP contribution >= 0.6 is 11.6 Å². The van der Waals surface area contributed by atoms with Crippen LogP contribution in [0.4, 0.5) is 0 Å². The quantitative estimate of drug-likeness (QED) is 0.495. The van der Waals surface area contributed by atoms with E-state index in [1.54, 1.807) is 7.11 Å². The minimum Gasteiger partial charge on any atom is -0.496 e. The molecule has 26 heavy (non-hydrogen) atoms. The first-order valence-corrected chi connectivity index (χ1v) is 8.59. The molecule has 4 aromatic rings. The number of nitrogens with zero attached hydrogens (tertiary/aromatic N) is 3. The number of benzene rings is 2. The van der Waals surface area contributed by atoms with Crippen LogP contribution in [-0.2, 0) is 0 Å². The summed E-state index contributed by atoms with van der Waals surface area (Å²) in [7, 11) is 1.63. The number of ether oxygens (including phenoxy) is 1. The Kier molecular flexibility index (Phi) is 4.27. The smallest absolute Gasteiger partial charge is 0.179 e. The molecule has 5 heteroatoms. The second-order valence-corrected chi connectivity index (χ2v) is 6.30. The van der Waals surface area contributed by atoms with E-state index in [-0.39, 0.29) is 0 Å². The highest BCUT2D eigenvalue weighted by Gasteiger charge is 2.17. The molecule has 0 aliphatic heterocycles. The number of aryl methyl sites for hydroxylation is 1. The van der Waals surface area contributed by atoms with E-state index in [1.807, 2.05) is 67.6 Å². The number of pyridine rings is 1. The van der Waals surface area contributed by atoms with E-state index in [0.29, 0.717) is 16.6 Å². The lowest BCUT2D eigenvalue weighted by molar-refractivity contribution is 0.416. The Balaban J connectivity index is 2.06. The zero-order valence-electron chi connectivity index (χ0n) is 14.4. The maximum Gasteiger partial charge on any atom is 0.179 e. The van der Waals surface area contributed by atoms with Crippen molar-refractivity contribution in [3.63, 3.8) is 0 Å². The molecule has 128 valence electrons. The fraction of sp³-hybridized carbons (Fsp3) is 0.0952. The van der Waals surface area contributed by atoms with Gasteiger partial charge < -0.3 is 4.74 Å². The van der Waals surface area contributed by atoms with Gasteiger partial charge in [-0.2, -0.15) is 0 Å². The number of hydrogen-bond donors (Lipinski definition) is 0. The third kappa shape index (κ3) is 2.89. The van der Waals surface area contributed by atoms with Crippen molar-refractivity contribution in [2.75, 3.05) is 7.11 Å². The van der Waals surface area contributed by atoms with E-state index in [9.17, 15) is 0 Å². The molecule has 0 fully saturated rings. The van der Waals surface area contributed by atoms with Gasteiger partial charge in [-0.15, -0.1) is 0 Å². The Labute approximate surface area is 156 Å². The van der Waals surface area contributed by atoms with Crippen molar-refractivity contribution < 1.29 is 4.74 Å². The van der Waals surface area contributed by atoms with Gasteiger partial charge in [0.15, 0.2) is 5.82 Å². The topological polar surface area (TPSA) is 47.9 Å². The summed E-state index contributed by atoms with van der Waals surface area (Å²) in [5, 5.41) is 1.49. The zero-order valence-corrected chi connectivity index (χ0v) is 15.2. The molecular formula is C21H16ClN3O. The van der Waals surface area contributed by atoms with Crippen LogP contribution in [0.2, 0.25) is 5.02 Å². The van der Waals surface area contributed by atoms with Crippen LogP contribution in [0.1, 0.15) is 5.69 Å². The Bertz CT molecular complexity index is 1110. The number of halogens is 1. The summed E-state index contributed by atoms with van der Waals surface area (Å²) >= 11 is 6.51. The normalized spacial score (nSPS) is 10.9. The SMILES string of the molecule is COc1cccc(Cl)c1-c1nc(-c2cccc(C)n2)nc2ccccc12. The van der Waals surface area contributed by atoms with E-state index >= 15 is 0 Å². The minimum atomic E-state index is 0.560. The molecular weight excluding hydrogens is 346 g/mol. The van der Waals surface area contributed by atoms with Crippen LogP contribution in [0.15, 0.2) is 60.7 Å². The number of methoxy groups -OCH3 is 1. The third-order valence-electron chi connectivity index (χ3n) is 4.15. The summed E-state index contributed by atoms with van der Waals surface area (Å²) in [5.74, 6) is 1.23. The summed E-state index contributed by atoms with van der Waals surface area (Å²) in [4.78, 5) is 14.1. The first kappa shape index (κ1) is 16.5. The van der Waals surface area contributed by atoms with Crippen molar-refractivity contribution in [2.24, 2.45) is 0 Å². The van der Waals surface area contributed by atoms with Crippen LogP contribution in [0, 0.1) is 6.92 Å². The molecule has 0 N–H and O–H groups in total. The Hall–Kier alpha value is -2.98. The van der Waals surface area contributed by atoms with Gasteiger partial charge in [-0.1, -0.05) is 41.9 Å². The van der Waals surface area contributed by atoms with E-state index in [2.05, 4.69) is 4.98 Å². The predicted octanol–water partition coefficient (Wildman–Crippen LogP) is 5.33. The summed E-state index contributed by atoms with van der Waals surface area (Å²) in [6.07, 6.45) is 0. The average molecular weight is 362 g/mol. The first-order chi connectivity index (χ1) is 12.7. The molecule has 0 saturated heterocycles. The van der Waals surface area contributed by atoms with E-state index in [4.69, 9.17) is 26.3 Å². The number of rotatable bonds is 3.